The maximum atomic E-state index is 13.3. The number of likely N-dealkylation sites (tertiary alicyclic amines) is 1. The molecule has 0 aromatic heterocycles. The average Bonchev–Trinajstić information content (AvgIpc) is 3.05. The smallest absolute Gasteiger partial charge is 0.242 e. The molecule has 0 radical (unpaired) electrons. The normalized spacial score (nSPS) is 20.5. The van der Waals surface area contributed by atoms with Gasteiger partial charge in [-0.15, -0.1) is 0 Å². The van der Waals surface area contributed by atoms with Crippen molar-refractivity contribution >= 4 is 46.8 Å². The molecule has 0 unspecified atom stereocenters. The Morgan fingerprint density at radius 3 is 2.24 bits per heavy atom. The number of nitrogens with zero attached hydrogens (tertiary/aromatic N) is 2. The third-order valence-corrected chi connectivity index (χ3v) is 7.08. The van der Waals surface area contributed by atoms with Gasteiger partial charge in [-0.05, 0) is 43.4 Å². The molecule has 0 saturated carbocycles. The number of fused-ring (bicyclic) bond motifs is 1. The van der Waals surface area contributed by atoms with E-state index in [1.54, 1.807) is 25.1 Å². The first-order valence-electron chi connectivity index (χ1n) is 11.6. The zero-order valence-corrected chi connectivity index (χ0v) is 21.2. The van der Waals surface area contributed by atoms with Gasteiger partial charge >= 0.3 is 0 Å². The summed E-state index contributed by atoms with van der Waals surface area (Å²) in [5, 5.41) is 3.61. The minimum absolute atomic E-state index is 0.00169. The summed E-state index contributed by atoms with van der Waals surface area (Å²) in [5.74, 6) is -1.43. The first kappa shape index (κ1) is 26.2. The lowest BCUT2D eigenvalue weighted by Crippen LogP contribution is -2.49. The quantitative estimate of drug-likeness (QED) is 0.406. The first-order valence-corrected chi connectivity index (χ1v) is 12.4. The maximum Gasteiger partial charge on any atom is 0.242 e. The van der Waals surface area contributed by atoms with Crippen LogP contribution in [0.3, 0.4) is 0 Å². The van der Waals surface area contributed by atoms with E-state index in [0.717, 1.165) is 5.56 Å². The second kappa shape index (κ2) is 11.4. The summed E-state index contributed by atoms with van der Waals surface area (Å²) in [4.78, 5) is 54.2. The molecule has 2 aliphatic rings. The third kappa shape index (κ3) is 5.99. The SMILES string of the molecule is CC(C)CNC(=O)[C@@H](C)N(Cc1ccc(Cl)c(Cl)c1)C(=O)CCN1C(=O)[C@H]2CC=CC[C@H]2C1=O. The molecule has 1 aromatic carbocycles. The van der Waals surface area contributed by atoms with Crippen LogP contribution >= 0.6 is 23.2 Å². The lowest BCUT2D eigenvalue weighted by molar-refractivity contribution is -0.143. The Morgan fingerprint density at radius 1 is 1.06 bits per heavy atom. The van der Waals surface area contributed by atoms with E-state index in [4.69, 9.17) is 23.2 Å². The second-order valence-electron chi connectivity index (χ2n) is 9.32. The first-order chi connectivity index (χ1) is 16.1. The molecule has 184 valence electrons. The van der Waals surface area contributed by atoms with Crippen LogP contribution in [-0.2, 0) is 25.7 Å². The van der Waals surface area contributed by atoms with Gasteiger partial charge < -0.3 is 10.2 Å². The van der Waals surface area contributed by atoms with Crippen molar-refractivity contribution in [3.63, 3.8) is 0 Å². The highest BCUT2D eigenvalue weighted by Gasteiger charge is 2.47. The van der Waals surface area contributed by atoms with Crippen LogP contribution in [0.2, 0.25) is 10.0 Å². The molecule has 34 heavy (non-hydrogen) atoms. The van der Waals surface area contributed by atoms with E-state index < -0.39 is 6.04 Å². The number of benzene rings is 1. The summed E-state index contributed by atoms with van der Waals surface area (Å²) in [6.07, 6.45) is 4.90. The average molecular weight is 508 g/mol. The van der Waals surface area contributed by atoms with Crippen LogP contribution in [0.1, 0.15) is 45.6 Å². The van der Waals surface area contributed by atoms with Crippen molar-refractivity contribution in [3.8, 4) is 0 Å². The van der Waals surface area contributed by atoms with E-state index in [0.29, 0.717) is 29.4 Å². The fourth-order valence-corrected chi connectivity index (χ4v) is 4.63. The molecule has 1 fully saturated rings. The number of nitrogens with one attached hydrogen (secondary N) is 1. The molecule has 4 amide bonds. The number of allylic oxidation sites excluding steroid dienone is 2. The van der Waals surface area contributed by atoms with Crippen molar-refractivity contribution in [3.05, 3.63) is 46.0 Å². The second-order valence-corrected chi connectivity index (χ2v) is 10.1. The number of rotatable bonds is 9. The van der Waals surface area contributed by atoms with Gasteiger partial charge in [-0.2, -0.15) is 0 Å². The Morgan fingerprint density at radius 2 is 1.68 bits per heavy atom. The minimum atomic E-state index is -0.752. The van der Waals surface area contributed by atoms with Crippen molar-refractivity contribution in [1.82, 2.24) is 15.1 Å². The third-order valence-electron chi connectivity index (χ3n) is 6.34. The summed E-state index contributed by atoms with van der Waals surface area (Å²) in [6.45, 7) is 6.27. The van der Waals surface area contributed by atoms with Gasteiger partial charge in [0.25, 0.3) is 0 Å². The van der Waals surface area contributed by atoms with Gasteiger partial charge in [0.05, 0.1) is 21.9 Å². The summed E-state index contributed by atoms with van der Waals surface area (Å²) in [7, 11) is 0. The highest BCUT2D eigenvalue weighted by molar-refractivity contribution is 6.42. The molecule has 0 bridgehead atoms. The van der Waals surface area contributed by atoms with Gasteiger partial charge in [-0.25, -0.2) is 0 Å². The molecule has 3 atom stereocenters. The number of carbonyl (C=O) groups is 4. The maximum absolute atomic E-state index is 13.3. The molecular formula is C25H31Cl2N3O4. The molecule has 1 aliphatic carbocycles. The van der Waals surface area contributed by atoms with Gasteiger partial charge in [0, 0.05) is 26.1 Å². The van der Waals surface area contributed by atoms with Crippen LogP contribution in [0.4, 0.5) is 0 Å². The molecule has 1 heterocycles. The van der Waals surface area contributed by atoms with E-state index in [1.165, 1.54) is 9.80 Å². The van der Waals surface area contributed by atoms with E-state index in [-0.39, 0.29) is 60.9 Å². The Kier molecular flexibility index (Phi) is 8.77. The molecule has 1 saturated heterocycles. The summed E-state index contributed by atoms with van der Waals surface area (Å²) in [6, 6.07) is 4.30. The van der Waals surface area contributed by atoms with Gasteiger partial charge in [0.1, 0.15) is 6.04 Å². The summed E-state index contributed by atoms with van der Waals surface area (Å²) >= 11 is 12.2. The molecule has 0 spiro atoms. The van der Waals surface area contributed by atoms with Crippen molar-refractivity contribution in [2.45, 2.75) is 52.6 Å². The fraction of sp³-hybridized carbons (Fsp3) is 0.520. The topological polar surface area (TPSA) is 86.8 Å². The van der Waals surface area contributed by atoms with Gasteiger partial charge in [-0.1, -0.05) is 55.3 Å². The lowest BCUT2D eigenvalue weighted by atomic mass is 9.85. The number of amides is 4. The van der Waals surface area contributed by atoms with Crippen molar-refractivity contribution in [1.29, 1.82) is 0 Å². The highest BCUT2D eigenvalue weighted by atomic mass is 35.5. The zero-order valence-electron chi connectivity index (χ0n) is 19.7. The molecular weight excluding hydrogens is 477 g/mol. The number of imide groups is 1. The Hall–Kier alpha value is -2.38. The number of hydrogen-bond acceptors (Lipinski definition) is 4. The number of hydrogen-bond donors (Lipinski definition) is 1. The standard InChI is InChI=1S/C25H31Cl2N3O4/c1-15(2)13-28-23(32)16(3)30(14-17-8-9-20(26)21(27)12-17)22(31)10-11-29-24(33)18-6-4-5-7-19(18)25(29)34/h4-5,8-9,12,15-16,18-19H,6-7,10-11,13-14H2,1-3H3,(H,28,32)/t16-,18-,19+/m1/s1. The van der Waals surface area contributed by atoms with Gasteiger partial charge in [0.15, 0.2) is 0 Å². The van der Waals surface area contributed by atoms with Crippen molar-refractivity contribution < 1.29 is 19.2 Å². The Balaban J connectivity index is 1.73. The zero-order chi connectivity index (χ0) is 25.0. The van der Waals surface area contributed by atoms with E-state index in [9.17, 15) is 19.2 Å². The van der Waals surface area contributed by atoms with Crippen LogP contribution in [0, 0.1) is 17.8 Å². The summed E-state index contributed by atoms with van der Waals surface area (Å²) < 4.78 is 0. The monoisotopic (exact) mass is 507 g/mol. The molecule has 9 heteroatoms. The van der Waals surface area contributed by atoms with Crippen molar-refractivity contribution in [2.75, 3.05) is 13.1 Å². The van der Waals surface area contributed by atoms with Crippen LogP contribution in [0.5, 0.6) is 0 Å². The van der Waals surface area contributed by atoms with Gasteiger partial charge in [-0.3, -0.25) is 24.1 Å². The predicted molar refractivity (Wildman–Crippen MR) is 131 cm³/mol. The number of halogens is 2. The molecule has 1 aromatic rings. The Bertz CT molecular complexity index is 968. The van der Waals surface area contributed by atoms with Crippen LogP contribution in [-0.4, -0.2) is 52.6 Å². The van der Waals surface area contributed by atoms with Crippen LogP contribution in [0.15, 0.2) is 30.4 Å². The van der Waals surface area contributed by atoms with Crippen LogP contribution < -0.4 is 5.32 Å². The molecule has 7 nitrogen and oxygen atoms in total. The summed E-state index contributed by atoms with van der Waals surface area (Å²) in [5.41, 5.74) is 0.719. The fourth-order valence-electron chi connectivity index (χ4n) is 4.31. The minimum Gasteiger partial charge on any atom is -0.354 e. The van der Waals surface area contributed by atoms with Crippen LogP contribution in [0.25, 0.3) is 0 Å². The largest absolute Gasteiger partial charge is 0.354 e. The predicted octanol–water partition coefficient (Wildman–Crippen LogP) is 3.82. The van der Waals surface area contributed by atoms with Crippen molar-refractivity contribution in [2.24, 2.45) is 17.8 Å². The molecule has 3 rings (SSSR count). The highest BCUT2D eigenvalue weighted by Crippen LogP contribution is 2.35. The van der Waals surface area contributed by atoms with Gasteiger partial charge in [0.2, 0.25) is 23.6 Å². The molecule has 1 aliphatic heterocycles. The molecule has 1 N–H and O–H groups in total. The lowest BCUT2D eigenvalue weighted by Gasteiger charge is -2.29. The van der Waals surface area contributed by atoms with E-state index in [2.05, 4.69) is 5.32 Å². The van der Waals surface area contributed by atoms with E-state index >= 15 is 0 Å². The number of carbonyl (C=O) groups excluding carboxylic acids is 4. The Labute approximate surface area is 210 Å². The van der Waals surface area contributed by atoms with E-state index in [1.807, 2.05) is 26.0 Å².